The van der Waals surface area contributed by atoms with Crippen molar-refractivity contribution in [2.75, 3.05) is 0 Å². The number of carbonyl (C=O) groups is 1. The van der Waals surface area contributed by atoms with Gasteiger partial charge in [-0.15, -0.1) is 0 Å². The van der Waals surface area contributed by atoms with E-state index in [1.807, 2.05) is 12.1 Å². The van der Waals surface area contributed by atoms with Crippen molar-refractivity contribution in [2.45, 2.75) is 6.61 Å². The van der Waals surface area contributed by atoms with Gasteiger partial charge in [-0.05, 0) is 45.8 Å². The summed E-state index contributed by atoms with van der Waals surface area (Å²) in [5.74, 6) is -0.391. The van der Waals surface area contributed by atoms with Crippen molar-refractivity contribution in [1.29, 1.82) is 0 Å². The zero-order valence-electron chi connectivity index (χ0n) is 9.27. The summed E-state index contributed by atoms with van der Waals surface area (Å²) in [7, 11) is 0. The number of hydrogen-bond acceptors (Lipinski definition) is 3. The molecule has 0 spiro atoms. The molecule has 2 aromatic rings. The topological polar surface area (TPSA) is 39.2 Å². The first-order valence-electron chi connectivity index (χ1n) is 5.18. The summed E-state index contributed by atoms with van der Waals surface area (Å²) < 4.78 is 5.77. The predicted molar refractivity (Wildman–Crippen MR) is 72.5 cm³/mol. The Kier molecular flexibility index (Phi) is 4.33. The summed E-state index contributed by atoms with van der Waals surface area (Å²) in [6.07, 6.45) is 1.54. The lowest BCUT2D eigenvalue weighted by Gasteiger charge is -2.05. The van der Waals surface area contributed by atoms with E-state index < -0.39 is 5.97 Å². The smallest absolute Gasteiger partial charge is 0.338 e. The standard InChI is InChI=1S/C13H9BrClNO2/c14-12-7-10(4-5-16-12)13(17)18-8-9-2-1-3-11(15)6-9/h1-7H,8H2. The lowest BCUT2D eigenvalue weighted by Crippen LogP contribution is -2.05. The lowest BCUT2D eigenvalue weighted by atomic mass is 10.2. The SMILES string of the molecule is O=C(OCc1cccc(Cl)c1)c1ccnc(Br)c1. The van der Waals surface area contributed by atoms with Gasteiger partial charge in [0.1, 0.15) is 11.2 Å². The summed E-state index contributed by atoms with van der Waals surface area (Å²) >= 11 is 9.04. The van der Waals surface area contributed by atoms with Crippen LogP contribution in [0.5, 0.6) is 0 Å². The number of ether oxygens (including phenoxy) is 1. The molecule has 2 rings (SSSR count). The normalized spacial score (nSPS) is 10.1. The molecule has 1 aromatic heterocycles. The van der Waals surface area contributed by atoms with Crippen molar-refractivity contribution in [2.24, 2.45) is 0 Å². The first kappa shape index (κ1) is 13.1. The molecule has 0 saturated carbocycles. The highest BCUT2D eigenvalue weighted by atomic mass is 79.9. The van der Waals surface area contributed by atoms with Crippen molar-refractivity contribution < 1.29 is 9.53 Å². The third-order valence-corrected chi connectivity index (χ3v) is 2.89. The first-order valence-corrected chi connectivity index (χ1v) is 6.35. The second-order valence-corrected chi connectivity index (χ2v) is 4.82. The van der Waals surface area contributed by atoms with E-state index in [1.54, 1.807) is 30.5 Å². The minimum Gasteiger partial charge on any atom is -0.457 e. The van der Waals surface area contributed by atoms with Crippen LogP contribution >= 0.6 is 27.5 Å². The van der Waals surface area contributed by atoms with Gasteiger partial charge in [0.25, 0.3) is 0 Å². The van der Waals surface area contributed by atoms with Gasteiger partial charge in [-0.2, -0.15) is 0 Å². The van der Waals surface area contributed by atoms with Crippen LogP contribution in [0.15, 0.2) is 47.2 Å². The minimum atomic E-state index is -0.391. The van der Waals surface area contributed by atoms with E-state index in [1.165, 1.54) is 0 Å². The molecule has 0 atom stereocenters. The highest BCUT2D eigenvalue weighted by Crippen LogP contribution is 2.13. The average Bonchev–Trinajstić information content (AvgIpc) is 2.36. The molecule has 0 saturated heterocycles. The summed E-state index contributed by atoms with van der Waals surface area (Å²) in [6.45, 7) is 0.194. The molecule has 5 heteroatoms. The second-order valence-electron chi connectivity index (χ2n) is 3.57. The largest absolute Gasteiger partial charge is 0.457 e. The molecule has 1 aromatic carbocycles. The monoisotopic (exact) mass is 325 g/mol. The number of nitrogens with zero attached hydrogens (tertiary/aromatic N) is 1. The molecule has 0 fully saturated rings. The number of benzene rings is 1. The van der Waals surface area contributed by atoms with E-state index in [0.717, 1.165) is 5.56 Å². The van der Waals surface area contributed by atoms with Gasteiger partial charge >= 0.3 is 5.97 Å². The van der Waals surface area contributed by atoms with Crippen LogP contribution in [-0.2, 0) is 11.3 Å². The van der Waals surface area contributed by atoms with Crippen LogP contribution < -0.4 is 0 Å². The predicted octanol–water partition coefficient (Wildman–Crippen LogP) is 3.85. The molecule has 0 aliphatic heterocycles. The Balaban J connectivity index is 2.00. The average molecular weight is 327 g/mol. The Bertz CT molecular complexity index is 574. The van der Waals surface area contributed by atoms with Gasteiger partial charge in [-0.1, -0.05) is 23.7 Å². The van der Waals surface area contributed by atoms with Crippen LogP contribution in [0, 0.1) is 0 Å². The van der Waals surface area contributed by atoms with Crippen LogP contribution in [0.2, 0.25) is 5.02 Å². The molecule has 0 N–H and O–H groups in total. The van der Waals surface area contributed by atoms with E-state index in [0.29, 0.717) is 15.2 Å². The van der Waals surface area contributed by atoms with Gasteiger partial charge in [-0.3, -0.25) is 0 Å². The number of rotatable bonds is 3. The van der Waals surface area contributed by atoms with Gasteiger partial charge in [0.2, 0.25) is 0 Å². The van der Waals surface area contributed by atoms with E-state index in [-0.39, 0.29) is 6.61 Å². The van der Waals surface area contributed by atoms with Gasteiger partial charge in [-0.25, -0.2) is 9.78 Å². The van der Waals surface area contributed by atoms with E-state index in [9.17, 15) is 4.79 Å². The minimum absolute atomic E-state index is 0.194. The Morgan fingerprint density at radius 3 is 2.89 bits per heavy atom. The molecule has 0 bridgehead atoms. The number of pyridine rings is 1. The third kappa shape index (κ3) is 3.55. The summed E-state index contributed by atoms with van der Waals surface area (Å²) in [6, 6.07) is 10.4. The first-order chi connectivity index (χ1) is 8.65. The number of esters is 1. The van der Waals surface area contributed by atoms with E-state index in [2.05, 4.69) is 20.9 Å². The number of halogens is 2. The fourth-order valence-corrected chi connectivity index (χ4v) is 1.97. The molecule has 0 amide bonds. The van der Waals surface area contributed by atoms with E-state index in [4.69, 9.17) is 16.3 Å². The zero-order chi connectivity index (χ0) is 13.0. The van der Waals surface area contributed by atoms with Gasteiger partial charge in [0, 0.05) is 11.2 Å². The van der Waals surface area contributed by atoms with Crippen molar-refractivity contribution in [1.82, 2.24) is 4.98 Å². The van der Waals surface area contributed by atoms with Crippen LogP contribution in [0.3, 0.4) is 0 Å². The molecule has 0 aliphatic carbocycles. The number of aromatic nitrogens is 1. The molecular formula is C13H9BrClNO2. The maximum atomic E-state index is 11.8. The van der Waals surface area contributed by atoms with Gasteiger partial charge < -0.3 is 4.74 Å². The van der Waals surface area contributed by atoms with Crippen molar-refractivity contribution in [3.63, 3.8) is 0 Å². The Morgan fingerprint density at radius 2 is 2.17 bits per heavy atom. The molecule has 0 radical (unpaired) electrons. The van der Waals surface area contributed by atoms with Crippen LogP contribution in [0.25, 0.3) is 0 Å². The Hall–Kier alpha value is -1.39. The van der Waals surface area contributed by atoms with Crippen molar-refractivity contribution in [3.8, 4) is 0 Å². The fourth-order valence-electron chi connectivity index (χ4n) is 1.39. The molecule has 3 nitrogen and oxygen atoms in total. The maximum absolute atomic E-state index is 11.8. The van der Waals surface area contributed by atoms with Crippen molar-refractivity contribution >= 4 is 33.5 Å². The molecule has 18 heavy (non-hydrogen) atoms. The summed E-state index contributed by atoms with van der Waals surface area (Å²) in [5.41, 5.74) is 1.31. The lowest BCUT2D eigenvalue weighted by molar-refractivity contribution is 0.0472. The van der Waals surface area contributed by atoms with Crippen LogP contribution in [0.4, 0.5) is 0 Å². The molecule has 1 heterocycles. The van der Waals surface area contributed by atoms with Crippen molar-refractivity contribution in [3.05, 3.63) is 63.3 Å². The van der Waals surface area contributed by atoms with E-state index >= 15 is 0 Å². The Morgan fingerprint density at radius 1 is 1.33 bits per heavy atom. The summed E-state index contributed by atoms with van der Waals surface area (Å²) in [4.78, 5) is 15.7. The second kappa shape index (κ2) is 5.98. The van der Waals surface area contributed by atoms with Crippen LogP contribution in [-0.4, -0.2) is 11.0 Å². The number of carbonyl (C=O) groups excluding carboxylic acids is 1. The number of hydrogen-bond donors (Lipinski definition) is 0. The third-order valence-electron chi connectivity index (χ3n) is 2.22. The maximum Gasteiger partial charge on any atom is 0.338 e. The molecule has 92 valence electrons. The quantitative estimate of drug-likeness (QED) is 0.635. The molecular weight excluding hydrogens is 318 g/mol. The highest BCUT2D eigenvalue weighted by molar-refractivity contribution is 9.10. The van der Waals surface area contributed by atoms with Gasteiger partial charge in [0.15, 0.2) is 0 Å². The summed E-state index contributed by atoms with van der Waals surface area (Å²) in [5, 5.41) is 0.621. The molecule has 0 aliphatic rings. The Labute approximate surface area is 118 Å². The van der Waals surface area contributed by atoms with Gasteiger partial charge in [0.05, 0.1) is 5.56 Å². The highest BCUT2D eigenvalue weighted by Gasteiger charge is 2.08. The zero-order valence-corrected chi connectivity index (χ0v) is 11.6. The molecule has 0 unspecified atom stereocenters. The fraction of sp³-hybridized carbons (Fsp3) is 0.0769. The van der Waals surface area contributed by atoms with Crippen LogP contribution in [0.1, 0.15) is 15.9 Å².